The fourth-order valence-corrected chi connectivity index (χ4v) is 9.31. The highest BCUT2D eigenvalue weighted by atomic mass is 19.1. The first-order valence-electron chi connectivity index (χ1n) is 19.6. The molecule has 3 fully saturated rings. The van der Waals surface area contributed by atoms with Gasteiger partial charge in [-0.3, -0.25) is 19.8 Å². The number of fused-ring (bicyclic) bond motifs is 2. The van der Waals surface area contributed by atoms with E-state index in [1.807, 2.05) is 41.3 Å². The Kier molecular flexibility index (Phi) is 9.52. The number of piperazine rings is 1. The van der Waals surface area contributed by atoms with Gasteiger partial charge in [-0.2, -0.15) is 4.58 Å². The van der Waals surface area contributed by atoms with Crippen LogP contribution < -0.4 is 19.9 Å². The topological polar surface area (TPSA) is 105 Å². The maximum Gasteiger partial charge on any atom is 0.420 e. The van der Waals surface area contributed by atoms with Gasteiger partial charge in [0, 0.05) is 87.7 Å². The summed E-state index contributed by atoms with van der Waals surface area (Å²) in [6, 6.07) is 24.0. The number of phenolic OH excluding ortho intramolecular Hbond substituents is 1. The molecule has 0 spiro atoms. The maximum atomic E-state index is 16.1. The number of nitrogens with zero attached hydrogens (tertiary/aromatic N) is 4. The van der Waals surface area contributed by atoms with E-state index in [1.165, 1.54) is 10.6 Å². The van der Waals surface area contributed by atoms with Crippen molar-refractivity contribution in [3.05, 3.63) is 118 Å². The van der Waals surface area contributed by atoms with Crippen LogP contribution in [0.3, 0.4) is 0 Å². The number of amides is 3. The van der Waals surface area contributed by atoms with Crippen molar-refractivity contribution in [2.45, 2.75) is 44.1 Å². The van der Waals surface area contributed by atoms with Crippen molar-refractivity contribution in [2.75, 3.05) is 62.2 Å². The monoisotopic (exact) mass is 760 g/mol. The number of carbonyl (C=O) groups excluding carboxylic acids is 3. The van der Waals surface area contributed by atoms with E-state index in [0.717, 1.165) is 62.3 Å². The molecule has 2 N–H and O–H groups in total. The number of aromatic hydroxyl groups is 1. The van der Waals surface area contributed by atoms with Crippen molar-refractivity contribution in [1.29, 1.82) is 0 Å². The molecule has 3 saturated heterocycles. The molecule has 0 unspecified atom stereocenters. The van der Waals surface area contributed by atoms with Crippen molar-refractivity contribution < 1.29 is 37.6 Å². The molecule has 0 bridgehead atoms. The highest BCUT2D eigenvalue weighted by molar-refractivity contribution is 6.42. The Hall–Kier alpha value is -5.62. The Balaban J connectivity index is 0.813. The molecule has 0 radical (unpaired) electrons. The Morgan fingerprint density at radius 3 is 2.29 bits per heavy atom. The second kappa shape index (κ2) is 14.8. The van der Waals surface area contributed by atoms with E-state index in [9.17, 15) is 19.5 Å². The van der Waals surface area contributed by atoms with Gasteiger partial charge < -0.3 is 19.6 Å². The van der Waals surface area contributed by atoms with Crippen molar-refractivity contribution in [2.24, 2.45) is 5.92 Å². The summed E-state index contributed by atoms with van der Waals surface area (Å²) in [6.07, 6.45) is 2.21. The molecule has 5 heterocycles. The van der Waals surface area contributed by atoms with E-state index in [4.69, 9.17) is 4.74 Å². The molecule has 0 aliphatic carbocycles. The van der Waals surface area contributed by atoms with Crippen LogP contribution in [0.15, 0.2) is 78.9 Å². The number of hydrogen-bond donors (Lipinski definition) is 2. The van der Waals surface area contributed by atoms with Crippen LogP contribution >= 0.6 is 0 Å². The van der Waals surface area contributed by atoms with Crippen LogP contribution in [0.4, 0.5) is 20.2 Å². The van der Waals surface area contributed by atoms with Crippen LogP contribution in [-0.4, -0.2) is 90.4 Å². The molecule has 2 atom stereocenters. The molecule has 4 aromatic carbocycles. The first kappa shape index (κ1) is 36.0. The number of hydrogen-bond acceptors (Lipinski definition) is 8. The number of carbonyl (C=O) groups is 3. The van der Waals surface area contributed by atoms with Gasteiger partial charge in [0.1, 0.15) is 28.7 Å². The molecule has 0 saturated carbocycles. The molecule has 3 amide bonds. The van der Waals surface area contributed by atoms with E-state index in [2.05, 4.69) is 27.2 Å². The lowest BCUT2D eigenvalue weighted by molar-refractivity contribution is -0.438. The number of halogens is 2. The molecule has 12 heteroatoms. The van der Waals surface area contributed by atoms with Gasteiger partial charge in [0.2, 0.25) is 5.91 Å². The number of benzene rings is 4. The fourth-order valence-electron chi connectivity index (χ4n) is 9.31. The Morgan fingerprint density at radius 2 is 1.54 bits per heavy atom. The van der Waals surface area contributed by atoms with Crippen molar-refractivity contribution in [3.8, 4) is 11.5 Å². The third kappa shape index (κ3) is 6.80. The summed E-state index contributed by atoms with van der Waals surface area (Å²) in [7, 11) is 0. The van der Waals surface area contributed by atoms with Crippen LogP contribution in [0.25, 0.3) is 0 Å². The lowest BCUT2D eigenvalue weighted by Gasteiger charge is -2.40. The maximum absolute atomic E-state index is 16.1. The average Bonchev–Trinajstić information content (AvgIpc) is 3.52. The molecule has 56 heavy (non-hydrogen) atoms. The van der Waals surface area contributed by atoms with Crippen LogP contribution in [-0.2, 0) is 16.1 Å². The summed E-state index contributed by atoms with van der Waals surface area (Å²) < 4.78 is 39.0. The number of anilines is 2. The van der Waals surface area contributed by atoms with Gasteiger partial charge in [0.25, 0.3) is 5.71 Å². The van der Waals surface area contributed by atoms with Gasteiger partial charge in [-0.05, 0) is 60.2 Å². The molecule has 10 nitrogen and oxygen atoms in total. The molecule has 5 aliphatic heterocycles. The second-order valence-electron chi connectivity index (χ2n) is 15.6. The smallest absolute Gasteiger partial charge is 0.420 e. The standard InChI is InChI=1S/C44H43F2N5O5/c45-35-20-29(42-32-8-7-31(52)22-40(32)56-26-34(42)28-4-2-1-3-5-28)6-9-37(35)49-14-12-27(13-15-49)24-48-16-18-50(19-17-48)39-21-30-25-51(44(55)33(30)23-36(39)46)38-10-11-41(53)47-43(38)54/h1-9,20-23,27,34,42H,10-19,24-26H2,(H-,47,52,53,54)/p+1/t34-,42-/m1/s1. The molecular weight excluding hydrogens is 717 g/mol. The molecule has 0 aromatic heterocycles. The average molecular weight is 761 g/mol. The van der Waals surface area contributed by atoms with Gasteiger partial charge in [-0.15, -0.1) is 0 Å². The number of imide groups is 1. The number of nitrogens with one attached hydrogen (secondary N) is 1. The summed E-state index contributed by atoms with van der Waals surface area (Å²) in [5.74, 6) is -0.935. The first-order valence-corrected chi connectivity index (χ1v) is 19.6. The zero-order chi connectivity index (χ0) is 38.5. The van der Waals surface area contributed by atoms with E-state index in [1.54, 1.807) is 24.3 Å². The fraction of sp³-hybridized carbons (Fsp3) is 0.364. The predicted molar refractivity (Wildman–Crippen MR) is 207 cm³/mol. The predicted octanol–water partition coefficient (Wildman–Crippen LogP) is 5.56. The Morgan fingerprint density at radius 1 is 0.786 bits per heavy atom. The highest BCUT2D eigenvalue weighted by Crippen LogP contribution is 2.47. The quantitative estimate of drug-likeness (QED) is 0.195. The summed E-state index contributed by atoms with van der Waals surface area (Å²) in [6.45, 7) is 5.92. The van der Waals surface area contributed by atoms with Crippen molar-refractivity contribution >= 4 is 34.8 Å². The molecule has 4 aromatic rings. The highest BCUT2D eigenvalue weighted by Gasteiger charge is 2.41. The summed E-state index contributed by atoms with van der Waals surface area (Å²) >= 11 is 0. The number of rotatable bonds is 6. The van der Waals surface area contributed by atoms with Gasteiger partial charge in [0.05, 0.1) is 18.0 Å². The van der Waals surface area contributed by atoms with Crippen LogP contribution in [0.5, 0.6) is 11.5 Å². The van der Waals surface area contributed by atoms with E-state index >= 15 is 8.78 Å². The van der Waals surface area contributed by atoms with Crippen LogP contribution in [0, 0.1) is 17.6 Å². The minimum absolute atomic E-state index is 0.00814. The van der Waals surface area contributed by atoms with E-state index in [-0.39, 0.29) is 60.0 Å². The first-order chi connectivity index (χ1) is 27.2. The number of ether oxygens (including phenoxy) is 1. The zero-order valence-corrected chi connectivity index (χ0v) is 31.1. The third-order valence-electron chi connectivity index (χ3n) is 12.3. The number of piperidine rings is 2. The van der Waals surface area contributed by atoms with E-state index < -0.39 is 17.6 Å². The SMILES string of the molecule is O=C1CCC(=[N+]2Cc3cc(N4CCN(CC5CCN(c6ccc([C@@H]7c8ccc(O)cc8OC[C@@H]7c7ccccc7)cc6F)CC5)CC4)c(F)cc3C2=O)C(=O)N1. The minimum Gasteiger partial charge on any atom is -0.508 e. The summed E-state index contributed by atoms with van der Waals surface area (Å²) in [4.78, 5) is 43.7. The number of phenols is 1. The normalized spacial score (nSPS) is 23.1. The second-order valence-corrected chi connectivity index (χ2v) is 15.6. The molecule has 288 valence electrons. The lowest BCUT2D eigenvalue weighted by atomic mass is 9.76. The van der Waals surface area contributed by atoms with Crippen molar-refractivity contribution in [1.82, 2.24) is 10.2 Å². The van der Waals surface area contributed by atoms with Gasteiger partial charge >= 0.3 is 11.8 Å². The summed E-state index contributed by atoms with van der Waals surface area (Å²) in [5.41, 5.74) is 5.19. The van der Waals surface area contributed by atoms with Gasteiger partial charge in [-0.25, -0.2) is 13.6 Å². The van der Waals surface area contributed by atoms with Crippen molar-refractivity contribution in [3.63, 3.8) is 0 Å². The molecule has 9 rings (SSSR count). The Labute approximate surface area is 324 Å². The largest absolute Gasteiger partial charge is 0.508 e. The summed E-state index contributed by atoms with van der Waals surface area (Å²) in [5, 5.41) is 12.4. The van der Waals surface area contributed by atoms with Crippen LogP contribution in [0.1, 0.15) is 70.1 Å². The Bertz CT molecular complexity index is 2250. The third-order valence-corrected chi connectivity index (χ3v) is 12.3. The zero-order valence-electron chi connectivity index (χ0n) is 31.1. The van der Waals surface area contributed by atoms with Crippen LogP contribution in [0.2, 0.25) is 0 Å². The molecular formula is C44H44F2N5O5+. The lowest BCUT2D eigenvalue weighted by Crippen LogP contribution is -2.49. The molecule has 5 aliphatic rings. The van der Waals surface area contributed by atoms with E-state index in [0.29, 0.717) is 48.3 Å². The van der Waals surface area contributed by atoms with Gasteiger partial charge in [0.15, 0.2) is 6.54 Å². The minimum atomic E-state index is -0.565. The van der Waals surface area contributed by atoms with Gasteiger partial charge in [-0.1, -0.05) is 42.5 Å².